The smallest absolute Gasteiger partial charge is 0.355 e. The van der Waals surface area contributed by atoms with Crippen LogP contribution < -0.4 is 0 Å². The lowest BCUT2D eigenvalue weighted by atomic mass is 10.2. The Kier molecular flexibility index (Phi) is 4.18. The molecule has 1 unspecified atom stereocenters. The molecule has 114 valence electrons. The Morgan fingerprint density at radius 3 is 2.76 bits per heavy atom. The molecule has 0 radical (unpaired) electrons. The van der Waals surface area contributed by atoms with Crippen molar-refractivity contribution in [2.75, 3.05) is 39.4 Å². The molecular weight excluding hydrogens is 294 g/mol. The molecule has 2 saturated heterocycles. The SMILES string of the molecule is O=C(O)c1csc(C(=O)N2CCC(N3CCOCC3)C2)n1. The first-order valence-electron chi connectivity index (χ1n) is 6.95. The lowest BCUT2D eigenvalue weighted by molar-refractivity contribution is 0.0185. The molecule has 0 aliphatic carbocycles. The van der Waals surface area contributed by atoms with Gasteiger partial charge in [-0.05, 0) is 6.42 Å². The number of aromatic nitrogens is 1. The van der Waals surface area contributed by atoms with Crippen molar-refractivity contribution in [3.05, 3.63) is 16.1 Å². The van der Waals surface area contributed by atoms with E-state index in [1.807, 2.05) is 0 Å². The molecule has 1 atom stereocenters. The van der Waals surface area contributed by atoms with Crippen LogP contribution in [-0.2, 0) is 4.74 Å². The number of aromatic carboxylic acids is 1. The number of likely N-dealkylation sites (tertiary alicyclic amines) is 1. The minimum Gasteiger partial charge on any atom is -0.476 e. The van der Waals surface area contributed by atoms with Crippen LogP contribution in [0.5, 0.6) is 0 Å². The first kappa shape index (κ1) is 14.4. The number of morpholine rings is 1. The standard InChI is InChI=1S/C13H17N3O4S/c17-12(11-14-10(8-21-11)13(18)19)16-2-1-9(7-16)15-3-5-20-6-4-15/h8-9H,1-7H2,(H,18,19). The number of rotatable bonds is 3. The summed E-state index contributed by atoms with van der Waals surface area (Å²) in [6.45, 7) is 4.70. The fourth-order valence-electron chi connectivity index (χ4n) is 2.77. The second-order valence-electron chi connectivity index (χ2n) is 5.19. The molecule has 1 aromatic rings. The number of ether oxygens (including phenoxy) is 1. The predicted octanol–water partition coefficient (Wildman–Crippen LogP) is 0.388. The van der Waals surface area contributed by atoms with Crippen molar-refractivity contribution >= 4 is 23.2 Å². The number of carbonyl (C=O) groups excluding carboxylic acids is 1. The maximum Gasteiger partial charge on any atom is 0.355 e. The van der Waals surface area contributed by atoms with E-state index in [2.05, 4.69) is 9.88 Å². The normalized spacial score (nSPS) is 23.4. The van der Waals surface area contributed by atoms with Crippen LogP contribution in [0, 0.1) is 0 Å². The van der Waals surface area contributed by atoms with Crippen LogP contribution >= 0.6 is 11.3 Å². The molecule has 21 heavy (non-hydrogen) atoms. The molecule has 0 aromatic carbocycles. The van der Waals surface area contributed by atoms with Crippen LogP contribution in [-0.4, -0.2) is 77.2 Å². The Balaban J connectivity index is 1.62. The van der Waals surface area contributed by atoms with Crippen molar-refractivity contribution in [1.29, 1.82) is 0 Å². The van der Waals surface area contributed by atoms with Gasteiger partial charge in [-0.2, -0.15) is 0 Å². The van der Waals surface area contributed by atoms with Crippen LogP contribution in [0.3, 0.4) is 0 Å². The molecule has 3 heterocycles. The van der Waals surface area contributed by atoms with Gasteiger partial charge in [0.05, 0.1) is 13.2 Å². The van der Waals surface area contributed by atoms with E-state index in [-0.39, 0.29) is 16.6 Å². The van der Waals surface area contributed by atoms with Gasteiger partial charge in [0.15, 0.2) is 10.7 Å². The highest BCUT2D eigenvalue weighted by Crippen LogP contribution is 2.20. The van der Waals surface area contributed by atoms with Gasteiger partial charge in [-0.1, -0.05) is 0 Å². The topological polar surface area (TPSA) is 83.0 Å². The molecule has 1 aromatic heterocycles. The van der Waals surface area contributed by atoms with Gasteiger partial charge in [0.25, 0.3) is 5.91 Å². The number of carboxylic acids is 1. The number of carboxylic acid groups (broad SMARTS) is 1. The maximum atomic E-state index is 12.3. The lowest BCUT2D eigenvalue weighted by Crippen LogP contribution is -2.45. The van der Waals surface area contributed by atoms with Crippen LogP contribution in [0.4, 0.5) is 0 Å². The van der Waals surface area contributed by atoms with E-state index in [0.29, 0.717) is 19.1 Å². The van der Waals surface area contributed by atoms with E-state index < -0.39 is 5.97 Å². The average Bonchev–Trinajstić information content (AvgIpc) is 3.17. The highest BCUT2D eigenvalue weighted by atomic mass is 32.1. The third-order valence-corrected chi connectivity index (χ3v) is 4.75. The predicted molar refractivity (Wildman–Crippen MR) is 75.8 cm³/mol. The van der Waals surface area contributed by atoms with Crippen molar-refractivity contribution in [1.82, 2.24) is 14.8 Å². The van der Waals surface area contributed by atoms with E-state index in [1.165, 1.54) is 5.38 Å². The molecule has 1 amide bonds. The summed E-state index contributed by atoms with van der Waals surface area (Å²) in [6.07, 6.45) is 0.947. The third kappa shape index (κ3) is 3.07. The van der Waals surface area contributed by atoms with Gasteiger partial charge < -0.3 is 14.7 Å². The number of thiazole rings is 1. The maximum absolute atomic E-state index is 12.3. The Labute approximate surface area is 126 Å². The first-order valence-corrected chi connectivity index (χ1v) is 7.83. The molecule has 0 bridgehead atoms. The summed E-state index contributed by atoms with van der Waals surface area (Å²) >= 11 is 1.09. The van der Waals surface area contributed by atoms with E-state index in [9.17, 15) is 9.59 Å². The van der Waals surface area contributed by atoms with E-state index in [0.717, 1.165) is 44.1 Å². The zero-order chi connectivity index (χ0) is 14.8. The van der Waals surface area contributed by atoms with Crippen LogP contribution in [0.15, 0.2) is 5.38 Å². The Bertz CT molecular complexity index is 541. The minimum absolute atomic E-state index is 0.0627. The Morgan fingerprint density at radius 2 is 2.10 bits per heavy atom. The van der Waals surface area contributed by atoms with Crippen molar-refractivity contribution in [3.8, 4) is 0 Å². The number of hydrogen-bond acceptors (Lipinski definition) is 6. The van der Waals surface area contributed by atoms with E-state index >= 15 is 0 Å². The summed E-state index contributed by atoms with van der Waals surface area (Å²) in [5.41, 5.74) is -0.0627. The Hall–Kier alpha value is -1.51. The van der Waals surface area contributed by atoms with Crippen molar-refractivity contribution in [3.63, 3.8) is 0 Å². The molecular formula is C13H17N3O4S. The highest BCUT2D eigenvalue weighted by Gasteiger charge is 2.32. The molecule has 0 saturated carbocycles. The molecule has 2 fully saturated rings. The van der Waals surface area contributed by atoms with Crippen molar-refractivity contribution in [2.24, 2.45) is 0 Å². The summed E-state index contributed by atoms with van der Waals surface area (Å²) in [5, 5.41) is 10.5. The second-order valence-corrected chi connectivity index (χ2v) is 6.04. The van der Waals surface area contributed by atoms with Gasteiger partial charge in [-0.3, -0.25) is 9.69 Å². The van der Waals surface area contributed by atoms with E-state index in [4.69, 9.17) is 9.84 Å². The number of amides is 1. The number of hydrogen-bond donors (Lipinski definition) is 1. The molecule has 1 N–H and O–H groups in total. The lowest BCUT2D eigenvalue weighted by Gasteiger charge is -2.31. The minimum atomic E-state index is -1.10. The van der Waals surface area contributed by atoms with Crippen molar-refractivity contribution in [2.45, 2.75) is 12.5 Å². The molecule has 3 rings (SSSR count). The highest BCUT2D eigenvalue weighted by molar-refractivity contribution is 7.11. The zero-order valence-corrected chi connectivity index (χ0v) is 12.3. The summed E-state index contributed by atoms with van der Waals surface area (Å²) in [7, 11) is 0. The molecule has 8 heteroatoms. The summed E-state index contributed by atoms with van der Waals surface area (Å²) in [5.74, 6) is -1.26. The fraction of sp³-hybridized carbons (Fsp3) is 0.615. The molecule has 7 nitrogen and oxygen atoms in total. The van der Waals surface area contributed by atoms with Crippen LogP contribution in [0.1, 0.15) is 26.7 Å². The largest absolute Gasteiger partial charge is 0.476 e. The second kappa shape index (κ2) is 6.08. The molecule has 2 aliphatic heterocycles. The quantitative estimate of drug-likeness (QED) is 0.869. The average molecular weight is 311 g/mol. The van der Waals surface area contributed by atoms with Gasteiger partial charge >= 0.3 is 5.97 Å². The van der Waals surface area contributed by atoms with Gasteiger partial charge in [0.1, 0.15) is 0 Å². The molecule has 0 spiro atoms. The zero-order valence-electron chi connectivity index (χ0n) is 11.5. The Morgan fingerprint density at radius 1 is 1.33 bits per heavy atom. The first-order chi connectivity index (χ1) is 10.1. The van der Waals surface area contributed by atoms with Crippen molar-refractivity contribution < 1.29 is 19.4 Å². The van der Waals surface area contributed by atoms with Crippen LogP contribution in [0.2, 0.25) is 0 Å². The van der Waals surface area contributed by atoms with Gasteiger partial charge in [-0.15, -0.1) is 11.3 Å². The molecule has 2 aliphatic rings. The fourth-order valence-corrected chi connectivity index (χ4v) is 3.53. The summed E-state index contributed by atoms with van der Waals surface area (Å²) < 4.78 is 5.34. The third-order valence-electron chi connectivity index (χ3n) is 3.92. The van der Waals surface area contributed by atoms with Gasteiger partial charge in [0, 0.05) is 37.6 Å². The summed E-state index contributed by atoms with van der Waals surface area (Å²) in [6, 6.07) is 0.372. The van der Waals surface area contributed by atoms with Gasteiger partial charge in [0.2, 0.25) is 0 Å². The van der Waals surface area contributed by atoms with E-state index in [1.54, 1.807) is 4.90 Å². The monoisotopic (exact) mass is 311 g/mol. The number of nitrogens with zero attached hydrogens (tertiary/aromatic N) is 3. The number of carbonyl (C=O) groups is 2. The summed E-state index contributed by atoms with van der Waals surface area (Å²) in [4.78, 5) is 31.2. The van der Waals surface area contributed by atoms with Crippen LogP contribution in [0.25, 0.3) is 0 Å². The van der Waals surface area contributed by atoms with Gasteiger partial charge in [-0.25, -0.2) is 9.78 Å².